The van der Waals surface area contributed by atoms with E-state index in [2.05, 4.69) is 289 Å². The van der Waals surface area contributed by atoms with E-state index in [9.17, 15) is 17.2 Å². The van der Waals surface area contributed by atoms with Crippen LogP contribution in [0.25, 0.3) is 0 Å². The summed E-state index contributed by atoms with van der Waals surface area (Å²) in [4.78, 5) is 0. The summed E-state index contributed by atoms with van der Waals surface area (Å²) in [5.41, 5.74) is 19.7. The van der Waals surface area contributed by atoms with Gasteiger partial charge in [0.15, 0.2) is 0 Å². The Bertz CT molecular complexity index is 4330. The summed E-state index contributed by atoms with van der Waals surface area (Å²) in [5.74, 6) is -1.01. The van der Waals surface area contributed by atoms with Crippen LogP contribution in [0.2, 0.25) is 143 Å². The molecule has 0 bridgehead atoms. The van der Waals surface area contributed by atoms with Crippen molar-refractivity contribution in [3.05, 3.63) is 299 Å². The van der Waals surface area contributed by atoms with E-state index in [1.807, 2.05) is 0 Å². The predicted octanol–water partition coefficient (Wildman–Crippen LogP) is 27.7. The van der Waals surface area contributed by atoms with Crippen molar-refractivity contribution in [2.75, 3.05) is 0 Å². The zero-order valence-electron chi connectivity index (χ0n) is 62.7. The molecule has 4 aromatic carbocycles. The van der Waals surface area contributed by atoms with Crippen molar-refractivity contribution in [1.29, 1.82) is 0 Å². The van der Waals surface area contributed by atoms with Gasteiger partial charge in [0, 0.05) is 0 Å². The molecule has 8 unspecified atom stereocenters. The fraction of sp³-hybridized carbons (Fsp3) is 0.349. The van der Waals surface area contributed by atoms with Crippen LogP contribution >= 0.6 is 110 Å². The first-order chi connectivity index (χ1) is 48.2. The van der Waals surface area contributed by atoms with E-state index in [-0.39, 0.29) is 23.7 Å². The van der Waals surface area contributed by atoms with E-state index in [0.717, 1.165) is 109 Å². The van der Waals surface area contributed by atoms with Crippen LogP contribution in [0.3, 0.4) is 0 Å². The Morgan fingerprint density at radius 1 is 0.311 bits per heavy atom. The molecule has 5 spiro atoms. The van der Waals surface area contributed by atoms with Crippen LogP contribution in [0.4, 0.5) is 0 Å². The maximum absolute atomic E-state index is 11.9. The van der Waals surface area contributed by atoms with Gasteiger partial charge in [0.05, 0.1) is 0 Å². The molecule has 10 aliphatic rings. The summed E-state index contributed by atoms with van der Waals surface area (Å²) in [5, 5.41) is 10.1. The standard InChI is InChI=1S/2C43H48Cl4Si3.2ClH.Hf/c2*1-10-26-20-34-30(28-22-36(44)42(37(45)23-28)49(4,5)6)16-12-14-18-32(34)40(26)48(3)41-27(11-2)21-35-31(17-13-15-19-33(35)41)29-24-38(46)43(39(47)25-29)50(7,8)9;;;/h2*12-25,30-31,48H,10-11H2,1-9H3;2*1H;/q;;;;+2/p-2. The number of rotatable bonds is 12. The molecule has 103 heavy (non-hydrogen) atoms. The van der Waals surface area contributed by atoms with Crippen molar-refractivity contribution in [2.24, 2.45) is 0 Å². The first kappa shape index (κ1) is 77.5. The van der Waals surface area contributed by atoms with Crippen LogP contribution in [0.5, 0.6) is 0 Å². The molecule has 17 heteroatoms. The third-order valence-electron chi connectivity index (χ3n) is 26.7. The van der Waals surface area contributed by atoms with Gasteiger partial charge in [0.25, 0.3) is 0 Å². The third-order valence-corrected chi connectivity index (χ3v) is 154. The predicted molar refractivity (Wildman–Crippen MR) is 472 cm³/mol. The van der Waals surface area contributed by atoms with E-state index < -0.39 is 75.7 Å². The van der Waals surface area contributed by atoms with Gasteiger partial charge in [-0.3, -0.25) is 0 Å². The molecule has 0 amide bonds. The molecule has 2 heterocycles. The van der Waals surface area contributed by atoms with Crippen molar-refractivity contribution >= 4 is 181 Å². The Balaban J connectivity index is 1.22. The molecule has 2 aliphatic heterocycles. The molecular formula is C86H96Cl10HfSi6. The average molecular weight is 1830 g/mol. The zero-order chi connectivity index (χ0) is 74.7. The molecule has 8 aliphatic carbocycles. The molecule has 14 rings (SSSR count). The topological polar surface area (TPSA) is 0 Å². The number of hydrogen-bond acceptors (Lipinski definition) is 0. The van der Waals surface area contributed by atoms with Crippen LogP contribution in [0.15, 0.2) is 237 Å². The normalized spacial score (nSPS) is 30.4. The second-order valence-electron chi connectivity index (χ2n) is 35.1. The van der Waals surface area contributed by atoms with E-state index >= 15 is 0 Å². The molecule has 4 aromatic rings. The molecule has 8 atom stereocenters. The van der Waals surface area contributed by atoms with E-state index in [0.29, 0.717) is 0 Å². The van der Waals surface area contributed by atoms with E-state index in [1.54, 1.807) is 0 Å². The molecule has 538 valence electrons. The molecule has 0 aromatic heterocycles. The van der Waals surface area contributed by atoms with Crippen LogP contribution in [0.1, 0.15) is 99.3 Å². The van der Waals surface area contributed by atoms with Gasteiger partial charge >= 0.3 is 675 Å². The van der Waals surface area contributed by atoms with Crippen molar-refractivity contribution in [3.8, 4) is 0 Å². The maximum atomic E-state index is 11.9. The van der Waals surface area contributed by atoms with Gasteiger partial charge in [0.2, 0.25) is 0 Å². The average Bonchev–Trinajstić information content (AvgIpc) is 1.52. The number of halogens is 10. The second kappa shape index (κ2) is 25.7. The first-order valence-electron chi connectivity index (χ1n) is 37.2. The van der Waals surface area contributed by atoms with Crippen LogP contribution < -0.4 is 20.7 Å². The summed E-state index contributed by atoms with van der Waals surface area (Å²) >= 11 is 53.0. The van der Waals surface area contributed by atoms with Gasteiger partial charge in [-0.2, -0.15) is 0 Å². The molecule has 0 radical (unpaired) electrons. The van der Waals surface area contributed by atoms with E-state index in [4.69, 9.17) is 92.8 Å². The van der Waals surface area contributed by atoms with Crippen LogP contribution in [-0.2, 0) is 14.7 Å². The van der Waals surface area contributed by atoms with Crippen molar-refractivity contribution in [3.63, 3.8) is 0 Å². The summed E-state index contributed by atoms with van der Waals surface area (Å²) in [7, 11) is 10.0. The summed E-state index contributed by atoms with van der Waals surface area (Å²) in [6, 6.07) is 17.8. The minimum atomic E-state index is -8.26. The molecule has 0 saturated carbocycles. The summed E-state index contributed by atoms with van der Waals surface area (Å²) in [6.07, 6.45) is 51.5. The first-order valence-corrected chi connectivity index (χ1v) is 74.9. The Morgan fingerprint density at radius 3 is 0.641 bits per heavy atom. The molecule has 0 N–H and O–H groups in total. The molecule has 2 fully saturated rings. The molecule has 0 nitrogen and oxygen atoms in total. The fourth-order valence-electron chi connectivity index (χ4n) is 24.4. The SMILES string of the molecule is CCC1=CC2=C(C=CC=CC2c2cc(Cl)c([Si](C)(C)C)c(Cl)c2)[C]12[SiH](C)[C]1(C(CC)=CC3=C1C=CC=CC3c1cc(Cl)c([Si](C)(C)C)c(Cl)c1)[Hf]21([Cl])([Cl])[C]2(C(CC)=CC3=C2C=CC=CC3c2cc(Cl)c([Si](C)(C)C)c(Cl)c2)[SiH](C)[C]12C(CC)=CC1=C2C=CC=CC1c1cc(Cl)c([Si](C)(C)C)c(Cl)c1. The Morgan fingerprint density at radius 2 is 0.485 bits per heavy atom. The second-order valence-corrected chi connectivity index (χ2v) is 113. The summed E-state index contributed by atoms with van der Waals surface area (Å²) in [6.45, 7) is 43.0. The Labute approximate surface area is 666 Å². The quantitative estimate of drug-likeness (QED) is 0.124. The van der Waals surface area contributed by atoms with Crippen LogP contribution in [0, 0.1) is 0 Å². The van der Waals surface area contributed by atoms with Crippen molar-refractivity contribution < 1.29 is 14.7 Å². The van der Waals surface area contributed by atoms with Crippen LogP contribution in [-0.4, -0.2) is 49.9 Å². The van der Waals surface area contributed by atoms with Gasteiger partial charge in [0.1, 0.15) is 0 Å². The van der Waals surface area contributed by atoms with Gasteiger partial charge < -0.3 is 0 Å². The van der Waals surface area contributed by atoms with E-state index in [1.165, 1.54) is 66.9 Å². The van der Waals surface area contributed by atoms with Crippen molar-refractivity contribution in [1.82, 2.24) is 0 Å². The molecule has 2 saturated heterocycles. The van der Waals surface area contributed by atoms with Gasteiger partial charge in [-0.15, -0.1) is 0 Å². The van der Waals surface area contributed by atoms with Gasteiger partial charge in [-0.1, -0.05) is 0 Å². The number of allylic oxidation sites excluding steroid dienone is 32. The summed E-state index contributed by atoms with van der Waals surface area (Å²) < 4.78 is -3.51. The van der Waals surface area contributed by atoms with Gasteiger partial charge in [-0.05, 0) is 0 Å². The minimum absolute atomic E-state index is 0.251. The fourth-order valence-corrected chi connectivity index (χ4v) is 210. The Hall–Kier alpha value is -2.21. The Kier molecular flexibility index (Phi) is 19.3. The number of fused-ring (bicyclic) bond motifs is 8. The number of hydrogen-bond donors (Lipinski definition) is 0. The zero-order valence-corrected chi connectivity index (χ0v) is 80.2. The molecular weight excluding hydrogens is 1730 g/mol. The monoisotopic (exact) mass is 1830 g/mol. The van der Waals surface area contributed by atoms with Crippen molar-refractivity contribution in [2.45, 2.75) is 180 Å². The number of benzene rings is 4. The van der Waals surface area contributed by atoms with Gasteiger partial charge in [-0.25, -0.2) is 0 Å². The third kappa shape index (κ3) is 9.45.